The summed E-state index contributed by atoms with van der Waals surface area (Å²) < 4.78 is 14.8. The molecule has 0 aromatic heterocycles. The van der Waals surface area contributed by atoms with Crippen molar-refractivity contribution < 1.29 is 14.0 Å². The Morgan fingerprint density at radius 1 is 1.00 bits per heavy atom. The zero-order chi connectivity index (χ0) is 22.0. The van der Waals surface area contributed by atoms with Gasteiger partial charge in [0.05, 0.1) is 15.6 Å². The van der Waals surface area contributed by atoms with E-state index in [9.17, 15) is 4.80 Å². The standard InChI is InChI=1S/C21H38Br2O3Si2/c1-20(2,3)28(8,9)25-15-16(13-14-21(4,5)27(6,7)24)26-19-17(22)11-10-12-18(19)23/h10-12,16,24H,13-15H2,1-9H3. The molecule has 3 nitrogen and oxygen atoms in total. The highest BCUT2D eigenvalue weighted by Crippen LogP contribution is 2.42. The first-order chi connectivity index (χ1) is 12.5. The van der Waals surface area contributed by atoms with Gasteiger partial charge >= 0.3 is 0 Å². The fourth-order valence-electron chi connectivity index (χ4n) is 2.28. The van der Waals surface area contributed by atoms with Gasteiger partial charge in [-0.15, -0.1) is 0 Å². The zero-order valence-corrected chi connectivity index (χ0v) is 24.1. The van der Waals surface area contributed by atoms with E-state index in [0.29, 0.717) is 6.61 Å². The van der Waals surface area contributed by atoms with E-state index in [2.05, 4.69) is 79.6 Å². The molecule has 0 radical (unpaired) electrons. The summed E-state index contributed by atoms with van der Waals surface area (Å²) in [7, 11) is -4.13. The second kappa shape index (κ2) is 9.64. The van der Waals surface area contributed by atoms with Crippen molar-refractivity contribution in [3.8, 4) is 5.75 Å². The minimum absolute atomic E-state index is 0.0697. The van der Waals surface area contributed by atoms with Gasteiger partial charge in [-0.2, -0.15) is 0 Å². The molecule has 0 amide bonds. The van der Waals surface area contributed by atoms with Gasteiger partial charge in [-0.3, -0.25) is 0 Å². The first-order valence-electron chi connectivity index (χ1n) is 9.95. The Morgan fingerprint density at radius 2 is 1.50 bits per heavy atom. The molecule has 1 aromatic rings. The molecule has 0 spiro atoms. The molecular weight excluding hydrogens is 516 g/mol. The lowest BCUT2D eigenvalue weighted by Gasteiger charge is -2.39. The molecule has 7 heteroatoms. The Hall–Kier alpha value is 0.334. The summed E-state index contributed by atoms with van der Waals surface area (Å²) in [6, 6.07) is 5.95. The third kappa shape index (κ3) is 7.23. The lowest BCUT2D eigenvalue weighted by atomic mass is 10.0. The van der Waals surface area contributed by atoms with Crippen LogP contribution in [0.5, 0.6) is 5.75 Å². The molecule has 1 aromatic carbocycles. The monoisotopic (exact) mass is 552 g/mol. The minimum atomic E-state index is -2.26. The molecule has 1 unspecified atom stereocenters. The van der Waals surface area contributed by atoms with Crippen LogP contribution in [0.2, 0.25) is 36.3 Å². The number of hydrogen-bond acceptors (Lipinski definition) is 3. The normalized spacial score (nSPS) is 14.9. The van der Waals surface area contributed by atoms with Crippen molar-refractivity contribution in [3.05, 3.63) is 27.1 Å². The number of hydrogen-bond donors (Lipinski definition) is 1. The predicted octanol–water partition coefficient (Wildman–Crippen LogP) is 7.74. The van der Waals surface area contributed by atoms with Gasteiger partial charge < -0.3 is 14.0 Å². The van der Waals surface area contributed by atoms with Gasteiger partial charge in [0.15, 0.2) is 16.6 Å². The van der Waals surface area contributed by atoms with Gasteiger partial charge in [0.2, 0.25) is 0 Å². The quantitative estimate of drug-likeness (QED) is 0.318. The van der Waals surface area contributed by atoms with Crippen molar-refractivity contribution >= 4 is 48.5 Å². The summed E-state index contributed by atoms with van der Waals surface area (Å²) in [5.74, 6) is 0.810. The van der Waals surface area contributed by atoms with Crippen LogP contribution in [0.1, 0.15) is 47.5 Å². The Kier molecular flexibility index (Phi) is 9.08. The Morgan fingerprint density at radius 3 is 1.93 bits per heavy atom. The van der Waals surface area contributed by atoms with Crippen molar-refractivity contribution in [3.63, 3.8) is 0 Å². The number of rotatable bonds is 9. The maximum atomic E-state index is 10.7. The highest BCUT2D eigenvalue weighted by molar-refractivity contribution is 9.11. The summed E-state index contributed by atoms with van der Waals surface area (Å²) in [6.07, 6.45) is 1.67. The van der Waals surface area contributed by atoms with Crippen molar-refractivity contribution in [2.75, 3.05) is 6.61 Å². The smallest absolute Gasteiger partial charge is 0.192 e. The fourth-order valence-corrected chi connectivity index (χ4v) is 5.26. The number of benzene rings is 1. The van der Waals surface area contributed by atoms with E-state index < -0.39 is 16.6 Å². The van der Waals surface area contributed by atoms with Gasteiger partial charge in [0.25, 0.3) is 0 Å². The highest BCUT2D eigenvalue weighted by Gasteiger charge is 2.40. The first-order valence-corrected chi connectivity index (χ1v) is 17.4. The first kappa shape index (κ1) is 26.4. The van der Waals surface area contributed by atoms with Crippen LogP contribution in [0.25, 0.3) is 0 Å². The summed E-state index contributed by atoms with van der Waals surface area (Å²) in [6.45, 7) is 20.2. The molecule has 0 saturated heterocycles. The number of halogens is 2. The molecule has 1 N–H and O–H groups in total. The molecule has 28 heavy (non-hydrogen) atoms. The van der Waals surface area contributed by atoms with Crippen molar-refractivity contribution in [2.24, 2.45) is 0 Å². The van der Waals surface area contributed by atoms with Crippen LogP contribution in [0.3, 0.4) is 0 Å². The Balaban J connectivity index is 3.00. The largest absolute Gasteiger partial charge is 0.486 e. The van der Waals surface area contributed by atoms with Gasteiger partial charge in [-0.05, 0) is 93.1 Å². The predicted molar refractivity (Wildman–Crippen MR) is 132 cm³/mol. The van der Waals surface area contributed by atoms with Crippen LogP contribution in [0, 0.1) is 0 Å². The maximum absolute atomic E-state index is 10.7. The van der Waals surface area contributed by atoms with E-state index >= 15 is 0 Å². The van der Waals surface area contributed by atoms with Crippen molar-refractivity contribution in [1.82, 2.24) is 0 Å². The summed E-state index contributed by atoms with van der Waals surface area (Å²) in [5.41, 5.74) is 0. The Labute approximate surface area is 191 Å². The minimum Gasteiger partial charge on any atom is -0.486 e. The summed E-state index contributed by atoms with van der Waals surface area (Å²) in [5, 5.41) is 0.0709. The van der Waals surface area contributed by atoms with Crippen LogP contribution < -0.4 is 4.74 Å². The molecule has 0 aliphatic rings. The lowest BCUT2D eigenvalue weighted by Crippen LogP contribution is -2.44. The van der Waals surface area contributed by atoms with Crippen molar-refractivity contribution in [1.29, 1.82) is 0 Å². The van der Waals surface area contributed by atoms with Gasteiger partial charge in [0, 0.05) is 0 Å². The zero-order valence-electron chi connectivity index (χ0n) is 19.0. The third-order valence-electron chi connectivity index (χ3n) is 6.39. The molecule has 1 rings (SSSR count). The van der Waals surface area contributed by atoms with Crippen LogP contribution in [-0.2, 0) is 4.43 Å². The summed E-state index contributed by atoms with van der Waals surface area (Å²) >= 11 is 7.20. The molecule has 1 atom stereocenters. The molecule has 0 aliphatic heterocycles. The van der Waals surface area contributed by atoms with Crippen LogP contribution in [0.15, 0.2) is 27.1 Å². The molecule has 0 fully saturated rings. The van der Waals surface area contributed by atoms with E-state index in [4.69, 9.17) is 9.16 Å². The molecular formula is C21H38Br2O3Si2. The van der Waals surface area contributed by atoms with E-state index in [1.807, 2.05) is 31.3 Å². The molecule has 0 bridgehead atoms. The maximum Gasteiger partial charge on any atom is 0.192 e. The highest BCUT2D eigenvalue weighted by atomic mass is 79.9. The van der Waals surface area contributed by atoms with E-state index in [-0.39, 0.29) is 16.2 Å². The molecule has 162 valence electrons. The van der Waals surface area contributed by atoms with Crippen molar-refractivity contribution in [2.45, 2.75) is 89.8 Å². The lowest BCUT2D eigenvalue weighted by molar-refractivity contribution is 0.106. The van der Waals surface area contributed by atoms with E-state index in [1.165, 1.54) is 0 Å². The van der Waals surface area contributed by atoms with Gasteiger partial charge in [-0.1, -0.05) is 40.7 Å². The Bertz CT molecular complexity index is 600. The van der Waals surface area contributed by atoms with Gasteiger partial charge in [-0.25, -0.2) is 0 Å². The molecule has 0 aliphatic carbocycles. The molecule has 0 saturated carbocycles. The second-order valence-electron chi connectivity index (χ2n) is 10.3. The van der Waals surface area contributed by atoms with Gasteiger partial charge in [0.1, 0.15) is 11.9 Å². The fraction of sp³-hybridized carbons (Fsp3) is 0.714. The van der Waals surface area contributed by atoms with Crippen LogP contribution >= 0.6 is 31.9 Å². The van der Waals surface area contributed by atoms with E-state index in [0.717, 1.165) is 27.5 Å². The third-order valence-corrected chi connectivity index (χ3v) is 15.7. The SMILES string of the molecule is CC(C)(CCC(CO[Si](C)(C)C(C)(C)C)Oc1c(Br)cccc1Br)[Si](C)(C)O. The number of para-hydroxylation sites is 1. The number of ether oxygens (including phenoxy) is 1. The second-order valence-corrected chi connectivity index (χ2v) is 21.3. The average Bonchev–Trinajstić information content (AvgIpc) is 2.50. The van der Waals surface area contributed by atoms with E-state index in [1.54, 1.807) is 0 Å². The van der Waals surface area contributed by atoms with Crippen LogP contribution in [0.4, 0.5) is 0 Å². The van der Waals surface area contributed by atoms with Crippen LogP contribution in [-0.4, -0.2) is 34.1 Å². The topological polar surface area (TPSA) is 38.7 Å². The average molecular weight is 555 g/mol. The molecule has 0 heterocycles. The summed E-state index contributed by atoms with van der Waals surface area (Å²) in [4.78, 5) is 10.7.